The van der Waals surface area contributed by atoms with E-state index >= 15 is 0 Å². The van der Waals surface area contributed by atoms with Crippen LogP contribution in [0.1, 0.15) is 12.5 Å². The van der Waals surface area contributed by atoms with Crippen LogP contribution < -0.4 is 9.84 Å². The van der Waals surface area contributed by atoms with Gasteiger partial charge in [0.15, 0.2) is 0 Å². The van der Waals surface area contributed by atoms with E-state index in [1.165, 1.54) is 0 Å². The summed E-state index contributed by atoms with van der Waals surface area (Å²) in [5.74, 6) is -0.424. The SMILES string of the molecule is C=C(C)COc1ccc(CC(=O)[O-])cc1Br. The Balaban J connectivity index is 2.75. The number of carboxylic acid groups (broad SMARTS) is 1. The number of hydrogen-bond acceptors (Lipinski definition) is 3. The normalized spacial score (nSPS) is 9.88. The van der Waals surface area contributed by atoms with Crippen LogP contribution >= 0.6 is 15.9 Å². The minimum absolute atomic E-state index is 0.0979. The number of carboxylic acids is 1. The lowest BCUT2D eigenvalue weighted by Crippen LogP contribution is -2.24. The monoisotopic (exact) mass is 283 g/mol. The van der Waals surface area contributed by atoms with Gasteiger partial charge in [-0.1, -0.05) is 12.6 Å². The van der Waals surface area contributed by atoms with Gasteiger partial charge in [-0.3, -0.25) is 0 Å². The summed E-state index contributed by atoms with van der Waals surface area (Å²) in [5.41, 5.74) is 1.60. The zero-order chi connectivity index (χ0) is 12.1. The predicted octanol–water partition coefficient (Wildman–Crippen LogP) is 1.70. The molecule has 0 fully saturated rings. The average Bonchev–Trinajstić information content (AvgIpc) is 2.15. The zero-order valence-corrected chi connectivity index (χ0v) is 10.5. The second-order valence-electron chi connectivity index (χ2n) is 3.56. The lowest BCUT2D eigenvalue weighted by atomic mass is 10.1. The van der Waals surface area contributed by atoms with Crippen LogP contribution in [0, 0.1) is 0 Å². The average molecular weight is 284 g/mol. The summed E-state index contributed by atoms with van der Waals surface area (Å²) in [7, 11) is 0. The molecule has 0 aliphatic carbocycles. The Bertz CT molecular complexity index is 413. The molecule has 0 amide bonds. The molecule has 4 heteroatoms. The minimum Gasteiger partial charge on any atom is -0.550 e. The third kappa shape index (κ3) is 4.06. The van der Waals surface area contributed by atoms with E-state index in [1.807, 2.05) is 6.92 Å². The molecule has 0 heterocycles. The Hall–Kier alpha value is -1.29. The molecule has 0 aliphatic heterocycles. The Kier molecular flexibility index (Phi) is 4.55. The fraction of sp³-hybridized carbons (Fsp3) is 0.250. The van der Waals surface area contributed by atoms with E-state index in [0.29, 0.717) is 17.9 Å². The highest BCUT2D eigenvalue weighted by Gasteiger charge is 2.03. The molecule has 86 valence electrons. The van der Waals surface area contributed by atoms with Crippen molar-refractivity contribution in [1.82, 2.24) is 0 Å². The molecule has 0 radical (unpaired) electrons. The molecule has 1 aromatic carbocycles. The predicted molar refractivity (Wildman–Crippen MR) is 63.2 cm³/mol. The van der Waals surface area contributed by atoms with Gasteiger partial charge >= 0.3 is 0 Å². The van der Waals surface area contributed by atoms with Crippen LogP contribution in [-0.4, -0.2) is 12.6 Å². The summed E-state index contributed by atoms with van der Waals surface area (Å²) in [6, 6.07) is 5.14. The van der Waals surface area contributed by atoms with Gasteiger partial charge in [-0.05, 0) is 46.1 Å². The maximum atomic E-state index is 10.4. The fourth-order valence-corrected chi connectivity index (χ4v) is 1.68. The first-order valence-electron chi connectivity index (χ1n) is 4.74. The molecule has 1 rings (SSSR count). The molecule has 0 saturated heterocycles. The van der Waals surface area contributed by atoms with Crippen molar-refractivity contribution in [3.8, 4) is 5.75 Å². The Morgan fingerprint density at radius 1 is 1.56 bits per heavy atom. The number of carbonyl (C=O) groups excluding carboxylic acids is 1. The number of aliphatic carboxylic acids is 1. The van der Waals surface area contributed by atoms with Gasteiger partial charge in [0.1, 0.15) is 12.4 Å². The third-order valence-electron chi connectivity index (χ3n) is 1.82. The van der Waals surface area contributed by atoms with Crippen LogP contribution in [0.4, 0.5) is 0 Å². The first kappa shape index (κ1) is 12.8. The summed E-state index contributed by atoms with van der Waals surface area (Å²) < 4.78 is 6.18. The van der Waals surface area contributed by atoms with Crippen LogP contribution in [0.5, 0.6) is 5.75 Å². The van der Waals surface area contributed by atoms with Gasteiger partial charge in [0, 0.05) is 12.4 Å². The molecule has 0 N–H and O–H groups in total. The topological polar surface area (TPSA) is 49.4 Å². The van der Waals surface area contributed by atoms with Crippen LogP contribution in [0.2, 0.25) is 0 Å². The number of carbonyl (C=O) groups is 1. The summed E-state index contributed by atoms with van der Waals surface area (Å²) in [6.07, 6.45) is -0.0979. The standard InChI is InChI=1S/C12H13BrO3/c1-8(2)7-16-11-4-3-9(5-10(11)13)6-12(14)15/h3-5H,1,6-7H2,2H3,(H,14,15)/p-1. The number of hydrogen-bond donors (Lipinski definition) is 0. The van der Waals surface area contributed by atoms with Crippen LogP contribution in [0.3, 0.4) is 0 Å². The maximum absolute atomic E-state index is 10.4. The molecule has 0 bridgehead atoms. The summed E-state index contributed by atoms with van der Waals surface area (Å²) in [4.78, 5) is 10.4. The van der Waals surface area contributed by atoms with Gasteiger partial charge in [0.25, 0.3) is 0 Å². The van der Waals surface area contributed by atoms with Crippen molar-refractivity contribution >= 4 is 21.9 Å². The molecule has 0 atom stereocenters. The van der Waals surface area contributed by atoms with Crippen molar-refractivity contribution < 1.29 is 14.6 Å². The van der Waals surface area contributed by atoms with Crippen LogP contribution in [0.25, 0.3) is 0 Å². The zero-order valence-electron chi connectivity index (χ0n) is 8.96. The van der Waals surface area contributed by atoms with Crippen LogP contribution in [0.15, 0.2) is 34.8 Å². The first-order valence-corrected chi connectivity index (χ1v) is 5.54. The van der Waals surface area contributed by atoms with Gasteiger partial charge in [-0.2, -0.15) is 0 Å². The maximum Gasteiger partial charge on any atom is 0.133 e. The van der Waals surface area contributed by atoms with Crippen molar-refractivity contribution in [2.45, 2.75) is 13.3 Å². The largest absolute Gasteiger partial charge is 0.550 e. The number of benzene rings is 1. The van der Waals surface area contributed by atoms with Gasteiger partial charge in [-0.15, -0.1) is 0 Å². The van der Waals surface area contributed by atoms with Gasteiger partial charge in [-0.25, -0.2) is 0 Å². The van der Waals surface area contributed by atoms with Crippen molar-refractivity contribution in [3.63, 3.8) is 0 Å². The van der Waals surface area contributed by atoms with E-state index in [2.05, 4.69) is 22.5 Å². The molecule has 1 aromatic rings. The highest BCUT2D eigenvalue weighted by Crippen LogP contribution is 2.26. The van der Waals surface area contributed by atoms with E-state index in [-0.39, 0.29) is 6.42 Å². The van der Waals surface area contributed by atoms with Gasteiger partial charge in [0.05, 0.1) is 4.47 Å². The minimum atomic E-state index is -1.09. The quantitative estimate of drug-likeness (QED) is 0.773. The van der Waals surface area contributed by atoms with Crippen molar-refractivity contribution in [2.75, 3.05) is 6.61 Å². The Labute approximate surface area is 103 Å². The summed E-state index contributed by atoms with van der Waals surface area (Å²) in [5, 5.41) is 10.4. The van der Waals surface area contributed by atoms with Crippen molar-refractivity contribution in [2.24, 2.45) is 0 Å². The Morgan fingerprint density at radius 2 is 2.25 bits per heavy atom. The van der Waals surface area contributed by atoms with Crippen molar-refractivity contribution in [3.05, 3.63) is 40.4 Å². The molecule has 0 saturated carbocycles. The lowest BCUT2D eigenvalue weighted by Gasteiger charge is -2.09. The summed E-state index contributed by atoms with van der Waals surface area (Å²) >= 11 is 3.32. The molecule has 16 heavy (non-hydrogen) atoms. The van der Waals surface area contributed by atoms with E-state index in [9.17, 15) is 9.90 Å². The molecule has 0 spiro atoms. The second kappa shape index (κ2) is 5.70. The molecule has 0 unspecified atom stereocenters. The molecule has 0 aliphatic rings. The highest BCUT2D eigenvalue weighted by molar-refractivity contribution is 9.10. The van der Waals surface area contributed by atoms with Gasteiger partial charge in [0.2, 0.25) is 0 Å². The first-order chi connectivity index (χ1) is 7.49. The van der Waals surface area contributed by atoms with E-state index in [0.717, 1.165) is 10.0 Å². The second-order valence-corrected chi connectivity index (χ2v) is 4.41. The Morgan fingerprint density at radius 3 is 2.75 bits per heavy atom. The fourth-order valence-electron chi connectivity index (χ4n) is 1.14. The lowest BCUT2D eigenvalue weighted by molar-refractivity contribution is -0.304. The molecule has 3 nitrogen and oxygen atoms in total. The number of rotatable bonds is 5. The summed E-state index contributed by atoms with van der Waals surface area (Å²) in [6.45, 7) is 6.05. The molecular formula is C12H12BrO3-. The van der Waals surface area contributed by atoms with E-state index in [1.54, 1.807) is 18.2 Å². The van der Waals surface area contributed by atoms with Crippen molar-refractivity contribution in [1.29, 1.82) is 0 Å². The molecular weight excluding hydrogens is 272 g/mol. The van der Waals surface area contributed by atoms with Crippen LogP contribution in [-0.2, 0) is 11.2 Å². The number of ether oxygens (including phenoxy) is 1. The van der Waals surface area contributed by atoms with E-state index in [4.69, 9.17) is 4.74 Å². The highest BCUT2D eigenvalue weighted by atomic mass is 79.9. The third-order valence-corrected chi connectivity index (χ3v) is 2.44. The molecule has 0 aromatic heterocycles. The van der Waals surface area contributed by atoms with Gasteiger partial charge < -0.3 is 14.6 Å². The van der Waals surface area contributed by atoms with E-state index < -0.39 is 5.97 Å². The number of halogens is 1. The smallest absolute Gasteiger partial charge is 0.133 e.